The summed E-state index contributed by atoms with van der Waals surface area (Å²) in [5.74, 6) is -2.47. The minimum absolute atomic E-state index is 0.0575. The zero-order valence-corrected chi connectivity index (χ0v) is 19.5. The molecule has 0 saturated heterocycles. The number of rotatable bonds is 6. The van der Waals surface area contributed by atoms with Gasteiger partial charge in [0.2, 0.25) is 0 Å². The van der Waals surface area contributed by atoms with E-state index in [1.165, 1.54) is 14.0 Å². The monoisotopic (exact) mass is 525 g/mol. The van der Waals surface area contributed by atoms with Gasteiger partial charge in [0.05, 0.1) is 22.7 Å². The normalized spacial score (nSPS) is 11.5. The Morgan fingerprint density at radius 3 is 2.35 bits per heavy atom. The fraction of sp³-hybridized carbons (Fsp3) is 0.444. The van der Waals surface area contributed by atoms with Crippen LogP contribution in [0.15, 0.2) is 4.47 Å². The molecule has 0 unspecified atom stereocenters. The van der Waals surface area contributed by atoms with E-state index in [0.717, 1.165) is 16.0 Å². The van der Waals surface area contributed by atoms with Gasteiger partial charge in [-0.2, -0.15) is 18.3 Å². The lowest BCUT2D eigenvalue weighted by molar-refractivity contribution is -0.142. The predicted molar refractivity (Wildman–Crippen MR) is 109 cm³/mol. The maximum absolute atomic E-state index is 13.1. The van der Waals surface area contributed by atoms with Gasteiger partial charge in [0.25, 0.3) is 5.91 Å². The van der Waals surface area contributed by atoms with Gasteiger partial charge >= 0.3 is 18.1 Å². The van der Waals surface area contributed by atoms with E-state index < -0.39 is 46.0 Å². The Hall–Kier alpha value is -2.41. The SMILES string of the molecule is CCOC(=O)c1sc(NC(=O)c2c(Br)c(C(F)(F)F)nn2C)c(C(=O)OC(C)C)c1C. The summed E-state index contributed by atoms with van der Waals surface area (Å²) in [4.78, 5) is 37.7. The highest BCUT2D eigenvalue weighted by molar-refractivity contribution is 9.10. The zero-order valence-electron chi connectivity index (χ0n) is 17.1. The summed E-state index contributed by atoms with van der Waals surface area (Å²) in [6, 6.07) is 0. The molecule has 0 aliphatic carbocycles. The number of carbonyl (C=O) groups is 3. The molecule has 2 rings (SSSR count). The number of aryl methyl sites for hydroxylation is 1. The summed E-state index contributed by atoms with van der Waals surface area (Å²) < 4.78 is 49.6. The van der Waals surface area contributed by atoms with Crippen LogP contribution in [0, 0.1) is 6.92 Å². The molecule has 0 spiro atoms. The van der Waals surface area contributed by atoms with Crippen molar-refractivity contribution < 1.29 is 37.0 Å². The Morgan fingerprint density at radius 2 is 1.87 bits per heavy atom. The first-order valence-corrected chi connectivity index (χ1v) is 10.5. The van der Waals surface area contributed by atoms with Crippen LogP contribution in [0.5, 0.6) is 0 Å². The Labute approximate surface area is 187 Å². The van der Waals surface area contributed by atoms with Crippen LogP contribution in [-0.4, -0.2) is 40.3 Å². The molecule has 8 nitrogen and oxygen atoms in total. The van der Waals surface area contributed by atoms with Crippen molar-refractivity contribution in [2.75, 3.05) is 11.9 Å². The maximum Gasteiger partial charge on any atom is 0.436 e. The van der Waals surface area contributed by atoms with Crippen molar-refractivity contribution in [3.63, 3.8) is 0 Å². The van der Waals surface area contributed by atoms with E-state index in [1.54, 1.807) is 20.8 Å². The van der Waals surface area contributed by atoms with Crippen molar-refractivity contribution >= 4 is 50.1 Å². The smallest absolute Gasteiger partial charge is 0.436 e. The lowest BCUT2D eigenvalue weighted by Crippen LogP contribution is -2.19. The Balaban J connectivity index is 2.52. The molecule has 0 saturated carbocycles. The number of ether oxygens (including phenoxy) is 2. The summed E-state index contributed by atoms with van der Waals surface area (Å²) in [6.45, 7) is 6.42. The Kier molecular flexibility index (Phi) is 7.53. The summed E-state index contributed by atoms with van der Waals surface area (Å²) >= 11 is 3.53. The topological polar surface area (TPSA) is 99.5 Å². The van der Waals surface area contributed by atoms with E-state index in [4.69, 9.17) is 9.47 Å². The van der Waals surface area contributed by atoms with Crippen LogP contribution in [-0.2, 0) is 22.7 Å². The fourth-order valence-corrected chi connectivity index (χ4v) is 4.42. The van der Waals surface area contributed by atoms with Crippen LogP contribution < -0.4 is 5.32 Å². The highest BCUT2D eigenvalue weighted by Gasteiger charge is 2.40. The van der Waals surface area contributed by atoms with Crippen molar-refractivity contribution in [3.8, 4) is 0 Å². The van der Waals surface area contributed by atoms with Gasteiger partial charge in [0, 0.05) is 7.05 Å². The third kappa shape index (κ3) is 5.26. The van der Waals surface area contributed by atoms with Crippen molar-refractivity contribution in [1.82, 2.24) is 9.78 Å². The minimum Gasteiger partial charge on any atom is -0.462 e. The van der Waals surface area contributed by atoms with E-state index in [0.29, 0.717) is 0 Å². The number of hydrogen-bond donors (Lipinski definition) is 1. The summed E-state index contributed by atoms with van der Waals surface area (Å²) in [6.07, 6.45) is -5.26. The number of halogens is 4. The van der Waals surface area contributed by atoms with E-state index in [-0.39, 0.29) is 27.6 Å². The standard InChI is InChI=1S/C18H19BrF3N3O5S/c1-6-29-17(28)12-8(4)9(16(27)30-7(2)3)15(31-12)23-14(26)11-10(19)13(18(20,21)22)24-25(11)5/h7H,6H2,1-5H3,(H,23,26). The number of nitrogens with zero attached hydrogens (tertiary/aromatic N) is 2. The first-order chi connectivity index (χ1) is 14.3. The van der Waals surface area contributed by atoms with Gasteiger partial charge in [-0.25, -0.2) is 9.59 Å². The maximum atomic E-state index is 13.1. The van der Waals surface area contributed by atoms with Crippen LogP contribution >= 0.6 is 27.3 Å². The molecule has 2 heterocycles. The molecule has 0 atom stereocenters. The number of anilines is 1. The van der Waals surface area contributed by atoms with Gasteiger partial charge in [0.1, 0.15) is 15.6 Å². The second kappa shape index (κ2) is 9.39. The van der Waals surface area contributed by atoms with Crippen molar-refractivity contribution in [3.05, 3.63) is 31.9 Å². The van der Waals surface area contributed by atoms with E-state index >= 15 is 0 Å². The molecular weight excluding hydrogens is 507 g/mol. The molecule has 0 fully saturated rings. The summed E-state index contributed by atoms with van der Waals surface area (Å²) in [7, 11) is 1.17. The first kappa shape index (κ1) is 24.9. The fourth-order valence-electron chi connectivity index (χ4n) is 2.60. The molecular formula is C18H19BrF3N3O5S. The molecule has 2 aromatic rings. The molecule has 0 aromatic carbocycles. The predicted octanol–water partition coefficient (Wildman–Crippen LogP) is 4.57. The number of esters is 2. The van der Waals surface area contributed by atoms with E-state index in [2.05, 4.69) is 26.3 Å². The van der Waals surface area contributed by atoms with Crippen LogP contribution in [0.25, 0.3) is 0 Å². The average molecular weight is 526 g/mol. The zero-order chi connectivity index (χ0) is 23.7. The highest BCUT2D eigenvalue weighted by atomic mass is 79.9. The van der Waals surface area contributed by atoms with Crippen molar-refractivity contribution in [2.24, 2.45) is 7.05 Å². The number of amides is 1. The second-order valence-corrected chi connectivity index (χ2v) is 8.34. The summed E-state index contributed by atoms with van der Waals surface area (Å²) in [5.41, 5.74) is -1.54. The molecule has 0 radical (unpaired) electrons. The molecule has 1 N–H and O–H groups in total. The average Bonchev–Trinajstić information content (AvgIpc) is 3.10. The molecule has 0 aliphatic rings. The van der Waals surface area contributed by atoms with Gasteiger partial charge in [-0.3, -0.25) is 9.48 Å². The first-order valence-electron chi connectivity index (χ1n) is 8.92. The van der Waals surface area contributed by atoms with Crippen LogP contribution in [0.2, 0.25) is 0 Å². The molecule has 1 amide bonds. The molecule has 0 aliphatic heterocycles. The summed E-state index contributed by atoms with van der Waals surface area (Å²) in [5, 5.41) is 5.68. The van der Waals surface area contributed by atoms with Gasteiger partial charge in [-0.1, -0.05) is 0 Å². The number of thiophene rings is 1. The quantitative estimate of drug-likeness (QED) is 0.554. The minimum atomic E-state index is -4.78. The molecule has 2 aromatic heterocycles. The van der Waals surface area contributed by atoms with Crippen molar-refractivity contribution in [2.45, 2.75) is 40.0 Å². The van der Waals surface area contributed by atoms with Crippen LogP contribution in [0.3, 0.4) is 0 Å². The number of alkyl halides is 3. The van der Waals surface area contributed by atoms with E-state index in [1.807, 2.05) is 0 Å². The highest BCUT2D eigenvalue weighted by Crippen LogP contribution is 2.38. The Bertz CT molecular complexity index is 1030. The van der Waals surface area contributed by atoms with Gasteiger partial charge in [-0.15, -0.1) is 11.3 Å². The van der Waals surface area contributed by atoms with Crippen LogP contribution in [0.4, 0.5) is 18.2 Å². The van der Waals surface area contributed by atoms with Crippen LogP contribution in [0.1, 0.15) is 62.5 Å². The van der Waals surface area contributed by atoms with Gasteiger partial charge in [-0.05, 0) is 49.2 Å². The molecule has 170 valence electrons. The number of aromatic nitrogens is 2. The second-order valence-electron chi connectivity index (χ2n) is 6.52. The lowest BCUT2D eigenvalue weighted by atomic mass is 10.1. The van der Waals surface area contributed by atoms with Gasteiger partial charge in [0.15, 0.2) is 5.69 Å². The number of carbonyl (C=O) groups excluding carboxylic acids is 3. The Morgan fingerprint density at radius 1 is 1.26 bits per heavy atom. The van der Waals surface area contributed by atoms with E-state index in [9.17, 15) is 27.6 Å². The van der Waals surface area contributed by atoms with Crippen molar-refractivity contribution in [1.29, 1.82) is 0 Å². The molecule has 0 bridgehead atoms. The molecule has 13 heteroatoms. The molecule has 31 heavy (non-hydrogen) atoms. The lowest BCUT2D eigenvalue weighted by Gasteiger charge is -2.10. The number of nitrogens with one attached hydrogen (secondary N) is 1. The largest absolute Gasteiger partial charge is 0.462 e. The third-order valence-electron chi connectivity index (χ3n) is 3.85. The number of hydrogen-bond acceptors (Lipinski definition) is 7. The van der Waals surface area contributed by atoms with Gasteiger partial charge < -0.3 is 14.8 Å². The third-order valence-corrected chi connectivity index (χ3v) is 5.79.